The predicted molar refractivity (Wildman–Crippen MR) is 124 cm³/mol. The van der Waals surface area contributed by atoms with Gasteiger partial charge in [-0.05, 0) is 17.7 Å². The molecule has 1 aromatic heterocycles. The fraction of sp³-hybridized carbons (Fsp3) is 0.333. The molecule has 1 aliphatic heterocycles. The molecule has 0 aliphatic carbocycles. The van der Waals surface area contributed by atoms with E-state index in [1.807, 2.05) is 59.5 Å². The average molecular weight is 433 g/mol. The minimum absolute atomic E-state index is 0.0656. The second-order valence-electron chi connectivity index (χ2n) is 7.96. The summed E-state index contributed by atoms with van der Waals surface area (Å²) in [6, 6.07) is 17.3. The largest absolute Gasteiger partial charge is 0.383 e. The summed E-state index contributed by atoms with van der Waals surface area (Å²) in [5.74, 6) is 1.19. The first-order chi connectivity index (χ1) is 15.6. The number of aromatic nitrogens is 2. The minimum Gasteiger partial charge on any atom is -0.383 e. The van der Waals surface area contributed by atoms with Crippen LogP contribution in [0.25, 0.3) is 10.9 Å². The van der Waals surface area contributed by atoms with E-state index in [1.165, 1.54) is 0 Å². The Morgan fingerprint density at radius 1 is 0.938 bits per heavy atom. The smallest absolute Gasteiger partial charge is 0.224 e. The molecule has 166 valence electrons. The van der Waals surface area contributed by atoms with Crippen LogP contribution in [0.2, 0.25) is 0 Å². The molecule has 0 radical (unpaired) electrons. The van der Waals surface area contributed by atoms with Gasteiger partial charge in [-0.15, -0.1) is 0 Å². The van der Waals surface area contributed by atoms with Crippen molar-refractivity contribution in [3.05, 3.63) is 66.0 Å². The van der Waals surface area contributed by atoms with E-state index in [0.29, 0.717) is 50.7 Å². The number of nitrogen functional groups attached to an aromatic ring is 1. The number of hydrogen-bond acceptors (Lipinski definition) is 6. The normalized spacial score (nSPS) is 14.4. The third-order valence-corrected chi connectivity index (χ3v) is 5.64. The van der Waals surface area contributed by atoms with Crippen LogP contribution >= 0.6 is 0 Å². The van der Waals surface area contributed by atoms with Gasteiger partial charge in [-0.2, -0.15) is 0 Å². The van der Waals surface area contributed by atoms with E-state index in [4.69, 9.17) is 5.73 Å². The molecule has 3 aromatic rings. The third kappa shape index (κ3) is 5.59. The van der Waals surface area contributed by atoms with E-state index < -0.39 is 0 Å². The second kappa shape index (κ2) is 10.2. The summed E-state index contributed by atoms with van der Waals surface area (Å²) in [5, 5.41) is 3.70. The van der Waals surface area contributed by atoms with Gasteiger partial charge in [0.2, 0.25) is 11.8 Å². The maximum atomic E-state index is 12.5. The van der Waals surface area contributed by atoms with Gasteiger partial charge in [0.05, 0.1) is 18.5 Å². The molecule has 8 heteroatoms. The van der Waals surface area contributed by atoms with Gasteiger partial charge in [0.25, 0.3) is 0 Å². The van der Waals surface area contributed by atoms with Gasteiger partial charge in [0.1, 0.15) is 11.6 Å². The Morgan fingerprint density at radius 3 is 2.44 bits per heavy atom. The van der Waals surface area contributed by atoms with Gasteiger partial charge in [-0.1, -0.05) is 42.5 Å². The summed E-state index contributed by atoms with van der Waals surface area (Å²) in [6.07, 6.45) is 0.639. The van der Waals surface area contributed by atoms with Crippen LogP contribution in [0.1, 0.15) is 17.8 Å². The maximum Gasteiger partial charge on any atom is 0.224 e. The lowest BCUT2D eigenvalue weighted by Crippen LogP contribution is -2.49. The summed E-state index contributed by atoms with van der Waals surface area (Å²) < 4.78 is 0. The molecule has 0 unspecified atom stereocenters. The first-order valence-electron chi connectivity index (χ1n) is 10.9. The molecule has 2 amide bonds. The third-order valence-electron chi connectivity index (χ3n) is 5.64. The summed E-state index contributed by atoms with van der Waals surface area (Å²) in [5.41, 5.74) is 7.89. The molecule has 0 saturated carbocycles. The first kappa shape index (κ1) is 21.7. The zero-order valence-electron chi connectivity index (χ0n) is 18.0. The van der Waals surface area contributed by atoms with Gasteiger partial charge in [-0.3, -0.25) is 14.5 Å². The summed E-state index contributed by atoms with van der Waals surface area (Å²) in [7, 11) is 0. The van der Waals surface area contributed by atoms with Crippen LogP contribution in [-0.4, -0.2) is 64.3 Å². The van der Waals surface area contributed by atoms with Gasteiger partial charge in [0.15, 0.2) is 0 Å². The van der Waals surface area contributed by atoms with E-state index in [-0.39, 0.29) is 11.8 Å². The number of fused-ring (bicyclic) bond motifs is 1. The van der Waals surface area contributed by atoms with Crippen molar-refractivity contribution in [2.75, 3.05) is 38.5 Å². The van der Waals surface area contributed by atoms with E-state index >= 15 is 0 Å². The highest BCUT2D eigenvalue weighted by Crippen LogP contribution is 2.18. The number of piperazine rings is 1. The summed E-state index contributed by atoms with van der Waals surface area (Å²) in [4.78, 5) is 37.7. The van der Waals surface area contributed by atoms with Gasteiger partial charge in [-0.25, -0.2) is 9.97 Å². The number of hydrogen-bond donors (Lipinski definition) is 2. The van der Waals surface area contributed by atoms with E-state index in [0.717, 1.165) is 29.6 Å². The van der Waals surface area contributed by atoms with E-state index in [9.17, 15) is 9.59 Å². The molecule has 4 rings (SSSR count). The predicted octanol–water partition coefficient (Wildman–Crippen LogP) is 1.61. The topological polar surface area (TPSA) is 104 Å². The standard InChI is InChI=1S/C24H28N6O2/c25-24-19-8-4-5-9-20(19)27-21(28-24)17-29-12-14-30(15-13-29)23(32)10-11-26-22(31)16-18-6-2-1-3-7-18/h1-9H,10-17H2,(H,26,31)(H2,25,27,28). The molecule has 1 saturated heterocycles. The number of nitrogens with zero attached hydrogens (tertiary/aromatic N) is 4. The van der Waals surface area contributed by atoms with Crippen LogP contribution in [0.4, 0.5) is 5.82 Å². The molecule has 3 N–H and O–H groups in total. The molecule has 1 aliphatic rings. The Bertz CT molecular complexity index is 1080. The zero-order valence-corrected chi connectivity index (χ0v) is 18.0. The van der Waals surface area contributed by atoms with Crippen molar-refractivity contribution in [1.82, 2.24) is 25.1 Å². The van der Waals surface area contributed by atoms with Gasteiger partial charge >= 0.3 is 0 Å². The summed E-state index contributed by atoms with van der Waals surface area (Å²) >= 11 is 0. The Labute approximate surface area is 187 Å². The van der Waals surface area contributed by atoms with Crippen molar-refractivity contribution >= 4 is 28.5 Å². The van der Waals surface area contributed by atoms with Crippen molar-refractivity contribution in [3.8, 4) is 0 Å². The van der Waals surface area contributed by atoms with Crippen LogP contribution in [-0.2, 0) is 22.6 Å². The number of nitrogens with one attached hydrogen (secondary N) is 1. The van der Waals surface area contributed by atoms with Crippen LogP contribution in [0.5, 0.6) is 0 Å². The van der Waals surface area contributed by atoms with Gasteiger partial charge < -0.3 is 16.0 Å². The molecule has 0 atom stereocenters. The number of anilines is 1. The monoisotopic (exact) mass is 432 g/mol. The van der Waals surface area contributed by atoms with Crippen LogP contribution in [0.3, 0.4) is 0 Å². The molecular formula is C24H28N6O2. The average Bonchev–Trinajstić information content (AvgIpc) is 2.80. The quantitative estimate of drug-likeness (QED) is 0.588. The van der Waals surface area contributed by atoms with Crippen molar-refractivity contribution in [2.45, 2.75) is 19.4 Å². The maximum absolute atomic E-state index is 12.5. The lowest BCUT2D eigenvalue weighted by atomic mass is 10.1. The highest BCUT2D eigenvalue weighted by Gasteiger charge is 2.22. The van der Waals surface area contributed by atoms with Crippen molar-refractivity contribution in [3.63, 3.8) is 0 Å². The van der Waals surface area contributed by atoms with E-state index in [1.54, 1.807) is 0 Å². The Morgan fingerprint density at radius 2 is 1.66 bits per heavy atom. The molecule has 8 nitrogen and oxygen atoms in total. The fourth-order valence-electron chi connectivity index (χ4n) is 3.89. The number of amides is 2. The number of nitrogens with two attached hydrogens (primary N) is 1. The number of carbonyl (C=O) groups is 2. The molecule has 0 bridgehead atoms. The van der Waals surface area contributed by atoms with Crippen molar-refractivity contribution in [2.24, 2.45) is 0 Å². The number of para-hydroxylation sites is 1. The van der Waals surface area contributed by atoms with Crippen LogP contribution in [0, 0.1) is 0 Å². The highest BCUT2D eigenvalue weighted by molar-refractivity contribution is 5.87. The Hall–Kier alpha value is -3.52. The first-order valence-corrected chi connectivity index (χ1v) is 10.9. The van der Waals surface area contributed by atoms with Crippen molar-refractivity contribution < 1.29 is 9.59 Å². The highest BCUT2D eigenvalue weighted by atomic mass is 16.2. The fourth-order valence-corrected chi connectivity index (χ4v) is 3.89. The lowest BCUT2D eigenvalue weighted by molar-refractivity contribution is -0.133. The minimum atomic E-state index is -0.0662. The second-order valence-corrected chi connectivity index (χ2v) is 7.96. The Balaban J connectivity index is 1.20. The van der Waals surface area contributed by atoms with Crippen LogP contribution < -0.4 is 11.1 Å². The van der Waals surface area contributed by atoms with E-state index in [2.05, 4.69) is 20.2 Å². The van der Waals surface area contributed by atoms with Crippen LogP contribution in [0.15, 0.2) is 54.6 Å². The number of benzene rings is 2. The molecule has 2 aromatic carbocycles. The Kier molecular flexibility index (Phi) is 6.91. The zero-order chi connectivity index (χ0) is 22.3. The lowest BCUT2D eigenvalue weighted by Gasteiger charge is -2.34. The molecule has 1 fully saturated rings. The molecule has 2 heterocycles. The summed E-state index contributed by atoms with van der Waals surface area (Å²) in [6.45, 7) is 3.77. The molecular weight excluding hydrogens is 404 g/mol. The molecule has 0 spiro atoms. The number of rotatable bonds is 7. The SMILES string of the molecule is Nc1nc(CN2CCN(C(=O)CCNC(=O)Cc3ccccc3)CC2)nc2ccccc12. The molecule has 32 heavy (non-hydrogen) atoms. The number of carbonyl (C=O) groups excluding carboxylic acids is 2. The van der Waals surface area contributed by atoms with Gasteiger partial charge in [0, 0.05) is 44.5 Å². The van der Waals surface area contributed by atoms with Crippen molar-refractivity contribution in [1.29, 1.82) is 0 Å².